The van der Waals surface area contributed by atoms with Crippen molar-refractivity contribution >= 4 is 34.8 Å². The van der Waals surface area contributed by atoms with Gasteiger partial charge in [0.25, 0.3) is 0 Å². The summed E-state index contributed by atoms with van der Waals surface area (Å²) in [5.41, 5.74) is 2.41. The van der Waals surface area contributed by atoms with Gasteiger partial charge in [-0.25, -0.2) is 9.98 Å². The Bertz CT molecular complexity index is 459. The van der Waals surface area contributed by atoms with Crippen LogP contribution in [0.3, 0.4) is 0 Å². The molecule has 0 bridgehead atoms. The second-order valence-electron chi connectivity index (χ2n) is 4.36. The highest BCUT2D eigenvalue weighted by Crippen LogP contribution is 2.27. The molecule has 2 unspecified atom stereocenters. The van der Waals surface area contributed by atoms with Crippen molar-refractivity contribution in [1.82, 2.24) is 0 Å². The van der Waals surface area contributed by atoms with E-state index in [1.165, 1.54) is 11.1 Å². The van der Waals surface area contributed by atoms with Crippen molar-refractivity contribution in [3.63, 3.8) is 0 Å². The molecule has 0 spiro atoms. The fourth-order valence-corrected chi connectivity index (χ4v) is 2.41. The largest absolute Gasteiger partial charge is 0.229 e. The molecule has 94 valence electrons. The summed E-state index contributed by atoms with van der Waals surface area (Å²) in [5.74, 6) is 0.136. The zero-order valence-corrected chi connectivity index (χ0v) is 12.4. The number of isothiocyanates is 2. The van der Waals surface area contributed by atoms with Gasteiger partial charge in [0.2, 0.25) is 0 Å². The summed E-state index contributed by atoms with van der Waals surface area (Å²) in [5, 5.41) is 4.89. The van der Waals surface area contributed by atoms with Crippen LogP contribution in [0.25, 0.3) is 0 Å². The van der Waals surface area contributed by atoms with E-state index in [4.69, 9.17) is 0 Å². The molecule has 0 aliphatic rings. The van der Waals surface area contributed by atoms with Gasteiger partial charge >= 0.3 is 0 Å². The first-order valence-corrected chi connectivity index (χ1v) is 6.62. The molecule has 0 aliphatic heterocycles. The topological polar surface area (TPSA) is 24.7 Å². The summed E-state index contributed by atoms with van der Waals surface area (Å²) in [4.78, 5) is 8.34. The molecule has 2 nitrogen and oxygen atoms in total. The monoisotopic (exact) mass is 276 g/mol. The van der Waals surface area contributed by atoms with E-state index in [1.54, 1.807) is 0 Å². The van der Waals surface area contributed by atoms with E-state index in [9.17, 15) is 0 Å². The Labute approximate surface area is 119 Å². The molecule has 18 heavy (non-hydrogen) atoms. The Hall–Kier alpha value is -1.18. The number of thiocarbonyl (C=S) groups is 2. The molecule has 0 heterocycles. The Morgan fingerprint density at radius 3 is 1.78 bits per heavy atom. The summed E-state index contributed by atoms with van der Waals surface area (Å²) in [6.45, 7) is 6.09. The summed E-state index contributed by atoms with van der Waals surface area (Å²) < 4.78 is 0. The molecule has 0 radical (unpaired) electrons. The van der Waals surface area contributed by atoms with Crippen LogP contribution in [0.1, 0.15) is 30.9 Å². The average Bonchev–Trinajstić information content (AvgIpc) is 2.33. The van der Waals surface area contributed by atoms with E-state index < -0.39 is 0 Å². The number of hydrogen-bond acceptors (Lipinski definition) is 4. The molecule has 1 rings (SSSR count). The van der Waals surface area contributed by atoms with Crippen LogP contribution in [0, 0.1) is 6.92 Å². The summed E-state index contributed by atoms with van der Waals surface area (Å²) in [7, 11) is 0. The molecule has 2 atom stereocenters. The summed E-state index contributed by atoms with van der Waals surface area (Å²) in [6, 6.07) is 8.42. The van der Waals surface area contributed by atoms with E-state index in [2.05, 4.69) is 75.9 Å². The molecule has 4 heteroatoms. The third kappa shape index (κ3) is 3.94. The number of hydrogen-bond donors (Lipinski definition) is 0. The van der Waals surface area contributed by atoms with Gasteiger partial charge in [-0.05, 0) is 50.8 Å². The van der Waals surface area contributed by atoms with Crippen LogP contribution in [0.4, 0.5) is 0 Å². The molecule has 0 amide bonds. The third-order valence-corrected chi connectivity index (χ3v) is 3.23. The highest BCUT2D eigenvalue weighted by Gasteiger charge is 2.24. The molecular formula is C14H16N2S2. The minimum absolute atomic E-state index is 0.0207. The van der Waals surface area contributed by atoms with E-state index in [0.29, 0.717) is 0 Å². The second-order valence-corrected chi connectivity index (χ2v) is 4.72. The van der Waals surface area contributed by atoms with Crippen molar-refractivity contribution in [2.75, 3.05) is 0 Å². The van der Waals surface area contributed by atoms with Gasteiger partial charge in [-0.1, -0.05) is 29.8 Å². The van der Waals surface area contributed by atoms with Gasteiger partial charge in [-0.15, -0.1) is 0 Å². The highest BCUT2D eigenvalue weighted by molar-refractivity contribution is 7.78. The molecule has 1 aromatic carbocycles. The third-order valence-electron chi connectivity index (χ3n) is 3.01. The Morgan fingerprint density at radius 1 is 0.944 bits per heavy atom. The van der Waals surface area contributed by atoms with Crippen LogP contribution in [-0.4, -0.2) is 22.4 Å². The Balaban J connectivity index is 3.14. The molecule has 0 aliphatic carbocycles. The molecule has 0 N–H and O–H groups in total. The first kappa shape index (κ1) is 14.9. The van der Waals surface area contributed by atoms with Crippen LogP contribution in [0.5, 0.6) is 0 Å². The van der Waals surface area contributed by atoms with Gasteiger partial charge < -0.3 is 0 Å². The van der Waals surface area contributed by atoms with Gasteiger partial charge in [0.1, 0.15) is 0 Å². The lowest BCUT2D eigenvalue weighted by atomic mass is 9.86. The van der Waals surface area contributed by atoms with Gasteiger partial charge in [0, 0.05) is 5.92 Å². The van der Waals surface area contributed by atoms with Crippen molar-refractivity contribution in [2.24, 2.45) is 9.98 Å². The first-order valence-electron chi connectivity index (χ1n) is 5.80. The molecular weight excluding hydrogens is 260 g/mol. The Morgan fingerprint density at radius 2 is 1.39 bits per heavy atom. The van der Waals surface area contributed by atoms with Crippen molar-refractivity contribution in [3.8, 4) is 0 Å². The van der Waals surface area contributed by atoms with E-state index in [1.807, 2.05) is 13.8 Å². The normalized spacial score (nSPS) is 14.8. The van der Waals surface area contributed by atoms with Crippen LogP contribution in [0.2, 0.25) is 0 Å². The second kappa shape index (κ2) is 7.30. The Kier molecular flexibility index (Phi) is 6.03. The van der Waals surface area contributed by atoms with Gasteiger partial charge in [-0.3, -0.25) is 0 Å². The van der Waals surface area contributed by atoms with Crippen molar-refractivity contribution < 1.29 is 0 Å². The lowest BCUT2D eigenvalue weighted by molar-refractivity contribution is 0.497. The van der Waals surface area contributed by atoms with Gasteiger partial charge in [0.15, 0.2) is 0 Å². The molecule has 0 saturated carbocycles. The van der Waals surface area contributed by atoms with Gasteiger partial charge in [-0.2, -0.15) is 0 Å². The predicted molar refractivity (Wildman–Crippen MR) is 82.9 cm³/mol. The fourth-order valence-electron chi connectivity index (χ4n) is 2.08. The zero-order valence-electron chi connectivity index (χ0n) is 10.8. The van der Waals surface area contributed by atoms with Crippen LogP contribution >= 0.6 is 24.4 Å². The van der Waals surface area contributed by atoms with E-state index in [0.717, 1.165) is 0 Å². The number of benzene rings is 1. The van der Waals surface area contributed by atoms with Crippen LogP contribution in [-0.2, 0) is 0 Å². The predicted octanol–water partition coefficient (Wildman–Crippen LogP) is 4.06. The minimum atomic E-state index is 0.0207. The van der Waals surface area contributed by atoms with E-state index in [-0.39, 0.29) is 18.0 Å². The molecule has 1 aromatic rings. The van der Waals surface area contributed by atoms with E-state index >= 15 is 0 Å². The van der Waals surface area contributed by atoms with Gasteiger partial charge in [0.05, 0.1) is 22.4 Å². The lowest BCUT2D eigenvalue weighted by Gasteiger charge is -2.24. The first-order chi connectivity index (χ1) is 8.60. The number of aliphatic imine (C=N–C) groups is 2. The van der Waals surface area contributed by atoms with Crippen LogP contribution in [0.15, 0.2) is 34.3 Å². The molecule has 0 aromatic heterocycles. The summed E-state index contributed by atoms with van der Waals surface area (Å²) in [6.07, 6.45) is 0. The number of nitrogens with zero attached hydrogens (tertiary/aromatic N) is 2. The maximum atomic E-state index is 4.69. The van der Waals surface area contributed by atoms with Crippen molar-refractivity contribution in [1.29, 1.82) is 0 Å². The standard InChI is InChI=1S/C14H16N2S2/c1-10-4-6-13(7-5-10)14(11(2)15-8-17)12(3)16-9-18/h4-7,11-12,14H,1-3H3. The lowest BCUT2D eigenvalue weighted by Crippen LogP contribution is -2.23. The smallest absolute Gasteiger partial charge is 0.0663 e. The molecule has 0 fully saturated rings. The quantitative estimate of drug-likeness (QED) is 0.598. The molecule has 0 saturated heterocycles. The summed E-state index contributed by atoms with van der Waals surface area (Å²) >= 11 is 9.37. The number of aryl methyl sites for hydroxylation is 1. The van der Waals surface area contributed by atoms with Crippen molar-refractivity contribution in [2.45, 2.75) is 38.8 Å². The maximum absolute atomic E-state index is 4.69. The minimum Gasteiger partial charge on any atom is -0.229 e. The average molecular weight is 276 g/mol. The number of rotatable bonds is 5. The SMILES string of the molecule is Cc1ccc(C(C(C)N=C=S)C(C)N=C=S)cc1. The highest BCUT2D eigenvalue weighted by atomic mass is 32.1. The van der Waals surface area contributed by atoms with Crippen molar-refractivity contribution in [3.05, 3.63) is 35.4 Å². The fraction of sp³-hybridized carbons (Fsp3) is 0.429. The maximum Gasteiger partial charge on any atom is 0.0663 e. The van der Waals surface area contributed by atoms with Crippen LogP contribution < -0.4 is 0 Å². The zero-order chi connectivity index (χ0) is 13.5.